The number of halogens is 1. The van der Waals surface area contributed by atoms with Gasteiger partial charge in [0.05, 0.1) is 0 Å². The molecule has 0 spiro atoms. The molecule has 1 aromatic rings. The Morgan fingerprint density at radius 1 is 1.17 bits per heavy atom. The molecule has 0 aromatic heterocycles. The highest BCUT2D eigenvalue weighted by molar-refractivity contribution is 9.10. The van der Waals surface area contributed by atoms with Crippen molar-refractivity contribution in [2.75, 3.05) is 5.32 Å². The summed E-state index contributed by atoms with van der Waals surface area (Å²) in [6.07, 6.45) is 8.00. The van der Waals surface area contributed by atoms with Crippen LogP contribution in [0.5, 0.6) is 0 Å². The first-order valence-corrected chi connectivity index (χ1v) is 4.55. The van der Waals surface area contributed by atoms with Crippen LogP contribution in [-0.4, -0.2) is 0 Å². The zero-order chi connectivity index (χ0) is 8.39. The second-order valence-electron chi connectivity index (χ2n) is 2.56. The molecule has 12 heavy (non-hydrogen) atoms. The molecular formula is C10H8BrN. The zero-order valence-electron chi connectivity index (χ0n) is 6.42. The molecule has 0 saturated heterocycles. The van der Waals surface area contributed by atoms with E-state index >= 15 is 0 Å². The molecule has 60 valence electrons. The van der Waals surface area contributed by atoms with Crippen LogP contribution in [0, 0.1) is 0 Å². The van der Waals surface area contributed by atoms with Crippen molar-refractivity contribution in [3.8, 4) is 0 Å². The Labute approximate surface area is 79.9 Å². The first-order chi connectivity index (χ1) is 5.88. The summed E-state index contributed by atoms with van der Waals surface area (Å²) in [5, 5.41) is 3.19. The van der Waals surface area contributed by atoms with Gasteiger partial charge in [-0.3, -0.25) is 0 Å². The molecule has 0 bridgehead atoms. The van der Waals surface area contributed by atoms with Crippen molar-refractivity contribution in [2.45, 2.75) is 0 Å². The average molecular weight is 222 g/mol. The van der Waals surface area contributed by atoms with Crippen LogP contribution in [0.15, 0.2) is 41.0 Å². The zero-order valence-corrected chi connectivity index (χ0v) is 8.01. The molecule has 2 heteroatoms. The van der Waals surface area contributed by atoms with Crippen molar-refractivity contribution in [2.24, 2.45) is 0 Å². The van der Waals surface area contributed by atoms with Crippen molar-refractivity contribution in [3.63, 3.8) is 0 Å². The summed E-state index contributed by atoms with van der Waals surface area (Å²) in [5.41, 5.74) is 2.33. The van der Waals surface area contributed by atoms with Gasteiger partial charge in [-0.15, -0.1) is 0 Å². The second kappa shape index (κ2) is 3.15. The van der Waals surface area contributed by atoms with E-state index in [1.54, 1.807) is 0 Å². The van der Waals surface area contributed by atoms with E-state index in [-0.39, 0.29) is 0 Å². The molecule has 1 heterocycles. The van der Waals surface area contributed by atoms with Crippen molar-refractivity contribution >= 4 is 27.7 Å². The van der Waals surface area contributed by atoms with E-state index in [0.717, 1.165) is 10.2 Å². The molecule has 0 aliphatic carbocycles. The van der Waals surface area contributed by atoms with Crippen LogP contribution in [0.3, 0.4) is 0 Å². The van der Waals surface area contributed by atoms with Crippen LogP contribution < -0.4 is 5.32 Å². The molecule has 1 aliphatic heterocycles. The Morgan fingerprint density at radius 3 is 3.00 bits per heavy atom. The van der Waals surface area contributed by atoms with E-state index in [0.29, 0.717) is 0 Å². The molecule has 1 N–H and O–H groups in total. The first-order valence-electron chi connectivity index (χ1n) is 3.76. The summed E-state index contributed by atoms with van der Waals surface area (Å²) in [6, 6.07) is 6.11. The minimum Gasteiger partial charge on any atom is -0.361 e. The first kappa shape index (κ1) is 7.62. The van der Waals surface area contributed by atoms with Gasteiger partial charge in [-0.25, -0.2) is 0 Å². The molecule has 0 fully saturated rings. The van der Waals surface area contributed by atoms with Crippen LogP contribution in [0.1, 0.15) is 5.56 Å². The van der Waals surface area contributed by atoms with Gasteiger partial charge >= 0.3 is 0 Å². The maximum atomic E-state index is 3.50. The van der Waals surface area contributed by atoms with Crippen molar-refractivity contribution < 1.29 is 0 Å². The lowest BCUT2D eigenvalue weighted by atomic mass is 10.2. The fourth-order valence-electron chi connectivity index (χ4n) is 1.18. The Bertz CT molecular complexity index is 353. The topological polar surface area (TPSA) is 12.0 Å². The molecule has 0 unspecified atom stereocenters. The van der Waals surface area contributed by atoms with Crippen molar-refractivity contribution in [1.29, 1.82) is 0 Å². The average Bonchev–Trinajstić information content (AvgIpc) is 2.30. The highest BCUT2D eigenvalue weighted by Crippen LogP contribution is 2.27. The number of fused-ring (bicyclic) bond motifs is 1. The summed E-state index contributed by atoms with van der Waals surface area (Å²) in [7, 11) is 0. The third-order valence-electron chi connectivity index (χ3n) is 1.76. The van der Waals surface area contributed by atoms with Gasteiger partial charge in [0.2, 0.25) is 0 Å². The van der Waals surface area contributed by atoms with Gasteiger partial charge in [0, 0.05) is 21.9 Å². The van der Waals surface area contributed by atoms with Gasteiger partial charge in [-0.05, 0) is 18.2 Å². The van der Waals surface area contributed by atoms with Crippen LogP contribution >= 0.6 is 15.9 Å². The Balaban J connectivity index is 2.59. The van der Waals surface area contributed by atoms with E-state index in [2.05, 4.69) is 33.4 Å². The van der Waals surface area contributed by atoms with E-state index in [1.807, 2.05) is 30.5 Å². The summed E-state index contributed by atoms with van der Waals surface area (Å²) in [4.78, 5) is 0. The summed E-state index contributed by atoms with van der Waals surface area (Å²) in [6.45, 7) is 0. The predicted molar refractivity (Wildman–Crippen MR) is 55.9 cm³/mol. The Morgan fingerprint density at radius 2 is 2.08 bits per heavy atom. The normalized spacial score (nSPS) is 13.4. The maximum absolute atomic E-state index is 3.50. The molecule has 1 aliphatic rings. The number of rotatable bonds is 0. The van der Waals surface area contributed by atoms with E-state index < -0.39 is 0 Å². The number of anilines is 1. The maximum Gasteiger partial charge on any atom is 0.0464 e. The van der Waals surface area contributed by atoms with Crippen LogP contribution in [0.2, 0.25) is 0 Å². The molecule has 0 radical (unpaired) electrons. The number of allylic oxidation sites excluding steroid dienone is 2. The minimum atomic E-state index is 1.12. The highest BCUT2D eigenvalue weighted by atomic mass is 79.9. The number of hydrogen-bond acceptors (Lipinski definition) is 1. The van der Waals surface area contributed by atoms with Crippen molar-refractivity contribution in [3.05, 3.63) is 46.6 Å². The van der Waals surface area contributed by atoms with E-state index in [1.165, 1.54) is 5.56 Å². The monoisotopic (exact) mass is 221 g/mol. The van der Waals surface area contributed by atoms with E-state index in [9.17, 15) is 0 Å². The molecule has 0 saturated carbocycles. The van der Waals surface area contributed by atoms with Gasteiger partial charge in [0.25, 0.3) is 0 Å². The van der Waals surface area contributed by atoms with Crippen LogP contribution in [0.4, 0.5) is 5.69 Å². The fraction of sp³-hybridized carbons (Fsp3) is 0. The Kier molecular flexibility index (Phi) is 2.00. The molecule has 2 rings (SSSR count). The standard InChI is InChI=1S/C10H8BrN/c11-9-5-3-6-10-8(9)4-1-2-7-12-10/h1-7,12H. The van der Waals surface area contributed by atoms with Gasteiger partial charge in [-0.1, -0.05) is 34.1 Å². The smallest absolute Gasteiger partial charge is 0.0464 e. The minimum absolute atomic E-state index is 1.12. The Hall–Kier alpha value is -1.02. The van der Waals surface area contributed by atoms with Gasteiger partial charge in [0.15, 0.2) is 0 Å². The molecular weight excluding hydrogens is 214 g/mol. The lowest BCUT2D eigenvalue weighted by molar-refractivity contribution is 1.54. The molecule has 1 aromatic carbocycles. The lowest BCUT2D eigenvalue weighted by Gasteiger charge is -2.05. The lowest BCUT2D eigenvalue weighted by Crippen LogP contribution is -1.89. The SMILES string of the molecule is Brc1cccc2c1C=CC=CN2. The predicted octanol–water partition coefficient (Wildman–Crippen LogP) is 3.40. The van der Waals surface area contributed by atoms with Gasteiger partial charge < -0.3 is 5.32 Å². The largest absolute Gasteiger partial charge is 0.361 e. The molecule has 1 nitrogen and oxygen atoms in total. The van der Waals surface area contributed by atoms with E-state index in [4.69, 9.17) is 0 Å². The number of hydrogen-bond donors (Lipinski definition) is 1. The number of nitrogens with one attached hydrogen (secondary N) is 1. The number of benzene rings is 1. The third-order valence-corrected chi connectivity index (χ3v) is 2.45. The summed E-state index contributed by atoms with van der Waals surface area (Å²) < 4.78 is 1.12. The summed E-state index contributed by atoms with van der Waals surface area (Å²) >= 11 is 3.50. The van der Waals surface area contributed by atoms with Crippen LogP contribution in [-0.2, 0) is 0 Å². The molecule has 0 amide bonds. The summed E-state index contributed by atoms with van der Waals surface area (Å²) in [5.74, 6) is 0. The highest BCUT2D eigenvalue weighted by Gasteiger charge is 2.02. The van der Waals surface area contributed by atoms with Gasteiger partial charge in [0.1, 0.15) is 0 Å². The molecule has 0 atom stereocenters. The second-order valence-corrected chi connectivity index (χ2v) is 3.42. The quantitative estimate of drug-likeness (QED) is 0.709. The third kappa shape index (κ3) is 1.30. The fourth-order valence-corrected chi connectivity index (χ4v) is 1.68. The van der Waals surface area contributed by atoms with Crippen molar-refractivity contribution in [1.82, 2.24) is 0 Å². The van der Waals surface area contributed by atoms with Gasteiger partial charge in [-0.2, -0.15) is 0 Å². The van der Waals surface area contributed by atoms with Crippen LogP contribution in [0.25, 0.3) is 6.08 Å².